The lowest BCUT2D eigenvalue weighted by Gasteiger charge is -2.11. The molecule has 0 saturated heterocycles. The Morgan fingerprint density at radius 1 is 1.17 bits per heavy atom. The highest BCUT2D eigenvalue weighted by Crippen LogP contribution is 2.30. The lowest BCUT2D eigenvalue weighted by molar-refractivity contribution is 0.481. The maximum atomic E-state index is 7.53. The highest BCUT2D eigenvalue weighted by atomic mass is 35.5. The maximum absolute atomic E-state index is 7.53. The van der Waals surface area contributed by atoms with Crippen LogP contribution < -0.4 is 10.5 Å². The molecule has 0 aliphatic rings. The summed E-state index contributed by atoms with van der Waals surface area (Å²) in [5, 5.41) is 7.94. The van der Waals surface area contributed by atoms with Gasteiger partial charge in [0.2, 0.25) is 0 Å². The molecule has 2 aromatic carbocycles. The van der Waals surface area contributed by atoms with E-state index in [0.717, 1.165) is 5.56 Å². The van der Waals surface area contributed by atoms with Gasteiger partial charge in [-0.15, -0.1) is 0 Å². The molecule has 0 saturated carbocycles. The van der Waals surface area contributed by atoms with E-state index < -0.39 is 0 Å². The summed E-state index contributed by atoms with van der Waals surface area (Å²) in [6.07, 6.45) is 0. The first-order chi connectivity index (χ1) is 8.58. The number of aryl methyl sites for hydroxylation is 1. The van der Waals surface area contributed by atoms with Gasteiger partial charge in [-0.3, -0.25) is 5.41 Å². The Hall–Kier alpha value is -2.00. The normalized spacial score (nSPS) is 10.1. The van der Waals surface area contributed by atoms with Gasteiger partial charge in [0.05, 0.1) is 10.6 Å². The number of benzene rings is 2. The SMILES string of the molecule is Cc1ccc(Oc2cccc(Cl)c2C(=N)N)cc1. The third-order valence-corrected chi connectivity index (χ3v) is 2.81. The second kappa shape index (κ2) is 5.10. The molecule has 3 nitrogen and oxygen atoms in total. The summed E-state index contributed by atoms with van der Waals surface area (Å²) in [7, 11) is 0. The molecule has 92 valence electrons. The molecule has 0 spiro atoms. The van der Waals surface area contributed by atoms with Crippen molar-refractivity contribution in [1.29, 1.82) is 5.41 Å². The monoisotopic (exact) mass is 260 g/mol. The summed E-state index contributed by atoms with van der Waals surface area (Å²) in [6, 6.07) is 12.8. The highest BCUT2D eigenvalue weighted by molar-refractivity contribution is 6.34. The van der Waals surface area contributed by atoms with E-state index in [4.69, 9.17) is 27.5 Å². The first-order valence-corrected chi connectivity index (χ1v) is 5.83. The van der Waals surface area contributed by atoms with Gasteiger partial charge in [0.25, 0.3) is 0 Å². The zero-order valence-corrected chi connectivity index (χ0v) is 10.7. The fraction of sp³-hybridized carbons (Fsp3) is 0.0714. The Kier molecular flexibility index (Phi) is 3.53. The van der Waals surface area contributed by atoms with Crippen molar-refractivity contribution >= 4 is 17.4 Å². The molecular formula is C14H13ClN2O. The van der Waals surface area contributed by atoms with Crippen LogP contribution in [0.5, 0.6) is 11.5 Å². The Balaban J connectivity index is 2.37. The number of rotatable bonds is 3. The van der Waals surface area contributed by atoms with Gasteiger partial charge in [-0.25, -0.2) is 0 Å². The summed E-state index contributed by atoms with van der Waals surface area (Å²) in [4.78, 5) is 0. The molecule has 0 aromatic heterocycles. The van der Waals surface area contributed by atoms with Gasteiger partial charge < -0.3 is 10.5 Å². The molecule has 0 bridgehead atoms. The number of ether oxygens (including phenoxy) is 1. The summed E-state index contributed by atoms with van der Waals surface area (Å²) in [5.74, 6) is 1.06. The number of hydrogen-bond acceptors (Lipinski definition) is 2. The van der Waals surface area contributed by atoms with Crippen LogP contribution in [0.3, 0.4) is 0 Å². The lowest BCUT2D eigenvalue weighted by Crippen LogP contribution is -2.13. The van der Waals surface area contributed by atoms with Gasteiger partial charge in [-0.1, -0.05) is 35.4 Å². The van der Waals surface area contributed by atoms with Gasteiger partial charge in [0, 0.05) is 0 Å². The van der Waals surface area contributed by atoms with E-state index in [0.29, 0.717) is 22.1 Å². The van der Waals surface area contributed by atoms with Crippen molar-refractivity contribution in [3.05, 3.63) is 58.6 Å². The zero-order chi connectivity index (χ0) is 13.1. The third kappa shape index (κ3) is 2.63. The van der Waals surface area contributed by atoms with Crippen LogP contribution in [0.25, 0.3) is 0 Å². The first-order valence-electron chi connectivity index (χ1n) is 5.45. The van der Waals surface area contributed by atoms with Crippen LogP contribution in [-0.2, 0) is 0 Å². The topological polar surface area (TPSA) is 59.1 Å². The van der Waals surface area contributed by atoms with E-state index in [1.54, 1.807) is 18.2 Å². The van der Waals surface area contributed by atoms with Crippen LogP contribution in [0.15, 0.2) is 42.5 Å². The van der Waals surface area contributed by atoms with Crippen molar-refractivity contribution in [3.8, 4) is 11.5 Å². The minimum atomic E-state index is -0.109. The van der Waals surface area contributed by atoms with Crippen LogP contribution in [0, 0.1) is 12.3 Å². The van der Waals surface area contributed by atoms with Crippen molar-refractivity contribution in [2.24, 2.45) is 5.73 Å². The Morgan fingerprint density at radius 3 is 2.44 bits per heavy atom. The first kappa shape index (κ1) is 12.5. The third-order valence-electron chi connectivity index (χ3n) is 2.49. The average molecular weight is 261 g/mol. The smallest absolute Gasteiger partial charge is 0.139 e. The molecule has 3 N–H and O–H groups in total. The standard InChI is InChI=1S/C14H13ClN2O/c1-9-5-7-10(8-6-9)18-12-4-2-3-11(15)13(12)14(16)17/h2-8H,1H3,(H3,16,17). The molecule has 0 atom stereocenters. The molecule has 2 aromatic rings. The number of hydrogen-bond donors (Lipinski definition) is 2. The van der Waals surface area contributed by atoms with Crippen molar-refractivity contribution < 1.29 is 4.74 Å². The molecule has 0 aliphatic heterocycles. The van der Waals surface area contributed by atoms with Gasteiger partial charge >= 0.3 is 0 Å². The number of nitrogen functional groups attached to an aromatic ring is 1. The fourth-order valence-electron chi connectivity index (χ4n) is 1.58. The minimum Gasteiger partial charge on any atom is -0.457 e. The highest BCUT2D eigenvalue weighted by Gasteiger charge is 2.11. The predicted octanol–water partition coefficient (Wildman–Crippen LogP) is 3.72. The quantitative estimate of drug-likeness (QED) is 0.653. The van der Waals surface area contributed by atoms with Crippen molar-refractivity contribution in [2.75, 3.05) is 0 Å². The number of halogens is 1. The molecule has 18 heavy (non-hydrogen) atoms. The zero-order valence-electron chi connectivity index (χ0n) is 9.91. The summed E-state index contributed by atoms with van der Waals surface area (Å²) < 4.78 is 5.70. The van der Waals surface area contributed by atoms with Crippen molar-refractivity contribution in [1.82, 2.24) is 0 Å². The molecule has 0 unspecified atom stereocenters. The Morgan fingerprint density at radius 2 is 1.83 bits per heavy atom. The van der Waals surface area contributed by atoms with E-state index in [-0.39, 0.29) is 5.84 Å². The second-order valence-corrected chi connectivity index (χ2v) is 4.35. The largest absolute Gasteiger partial charge is 0.457 e. The van der Waals surface area contributed by atoms with E-state index in [1.807, 2.05) is 31.2 Å². The predicted molar refractivity (Wildman–Crippen MR) is 73.7 cm³/mol. The molecule has 4 heteroatoms. The molecule has 0 fully saturated rings. The molecule has 0 aliphatic carbocycles. The number of amidine groups is 1. The summed E-state index contributed by atoms with van der Waals surface area (Å²) >= 11 is 6.02. The molecule has 0 heterocycles. The van der Waals surface area contributed by atoms with Crippen molar-refractivity contribution in [3.63, 3.8) is 0 Å². The number of nitrogens with one attached hydrogen (secondary N) is 1. The van der Waals surface area contributed by atoms with Crippen molar-refractivity contribution in [2.45, 2.75) is 6.92 Å². The Labute approximate surface area is 111 Å². The number of nitrogens with two attached hydrogens (primary N) is 1. The van der Waals surface area contributed by atoms with Crippen LogP contribution in [0.2, 0.25) is 5.02 Å². The average Bonchev–Trinajstić information content (AvgIpc) is 2.32. The molecular weight excluding hydrogens is 248 g/mol. The minimum absolute atomic E-state index is 0.109. The maximum Gasteiger partial charge on any atom is 0.139 e. The lowest BCUT2D eigenvalue weighted by atomic mass is 10.2. The fourth-order valence-corrected chi connectivity index (χ4v) is 1.85. The molecule has 0 amide bonds. The summed E-state index contributed by atoms with van der Waals surface area (Å²) in [5.41, 5.74) is 7.08. The van der Waals surface area contributed by atoms with E-state index in [1.165, 1.54) is 0 Å². The Bertz CT molecular complexity index is 579. The van der Waals surface area contributed by atoms with Gasteiger partial charge in [-0.2, -0.15) is 0 Å². The van der Waals surface area contributed by atoms with Crippen LogP contribution in [0.4, 0.5) is 0 Å². The second-order valence-electron chi connectivity index (χ2n) is 3.94. The van der Waals surface area contributed by atoms with Crippen LogP contribution >= 0.6 is 11.6 Å². The van der Waals surface area contributed by atoms with E-state index in [9.17, 15) is 0 Å². The molecule has 2 rings (SSSR count). The van der Waals surface area contributed by atoms with E-state index >= 15 is 0 Å². The van der Waals surface area contributed by atoms with Gasteiger partial charge in [-0.05, 0) is 31.2 Å². The summed E-state index contributed by atoms with van der Waals surface area (Å²) in [6.45, 7) is 2.00. The molecule has 0 radical (unpaired) electrons. The van der Waals surface area contributed by atoms with Crippen LogP contribution in [-0.4, -0.2) is 5.84 Å². The van der Waals surface area contributed by atoms with Gasteiger partial charge in [0.15, 0.2) is 0 Å². The van der Waals surface area contributed by atoms with E-state index in [2.05, 4.69) is 0 Å². The van der Waals surface area contributed by atoms with Crippen LogP contribution in [0.1, 0.15) is 11.1 Å². The van der Waals surface area contributed by atoms with Gasteiger partial charge in [0.1, 0.15) is 17.3 Å².